The predicted molar refractivity (Wildman–Crippen MR) is 159 cm³/mol. The second kappa shape index (κ2) is 9.48. The zero-order valence-corrected chi connectivity index (χ0v) is 23.9. The molecule has 204 valence electrons. The van der Waals surface area contributed by atoms with E-state index in [9.17, 15) is 24.3 Å². The average molecular weight is 608 g/mol. The number of hydrogen-bond acceptors (Lipinski definition) is 5. The fourth-order valence-corrected chi connectivity index (χ4v) is 7.65. The Hall–Kier alpha value is -4.10. The third-order valence-corrected chi connectivity index (χ3v) is 9.77. The molecule has 0 spiro atoms. The number of hydrogen-bond donors (Lipinski definition) is 1. The molecule has 2 amide bonds. The maximum Gasteiger partial charge on any atom is 0.238 e. The largest absolute Gasteiger partial charge is 0.507 e. The van der Waals surface area contributed by atoms with Crippen molar-refractivity contribution in [3.63, 3.8) is 0 Å². The first kappa shape index (κ1) is 25.8. The van der Waals surface area contributed by atoms with Crippen LogP contribution in [0.1, 0.15) is 36.8 Å². The van der Waals surface area contributed by atoms with Gasteiger partial charge in [-0.15, -0.1) is 0 Å². The van der Waals surface area contributed by atoms with Crippen molar-refractivity contribution in [1.29, 1.82) is 0 Å². The minimum atomic E-state index is -0.705. The number of aromatic hydroxyl groups is 1. The number of phenolic OH excluding ortho intramolecular Hbond substituents is 1. The topological polar surface area (TPSA) is 91.8 Å². The Morgan fingerprint density at radius 1 is 0.927 bits per heavy atom. The molecule has 7 heteroatoms. The molecule has 0 bridgehead atoms. The maximum absolute atomic E-state index is 14.1. The van der Waals surface area contributed by atoms with E-state index in [1.54, 1.807) is 6.07 Å². The molecule has 0 radical (unpaired) electrons. The van der Waals surface area contributed by atoms with E-state index in [4.69, 9.17) is 0 Å². The van der Waals surface area contributed by atoms with Gasteiger partial charge in [0.1, 0.15) is 5.75 Å². The lowest BCUT2D eigenvalue weighted by Crippen LogP contribution is -2.39. The molecule has 1 aliphatic heterocycles. The van der Waals surface area contributed by atoms with Gasteiger partial charge in [0.25, 0.3) is 0 Å². The minimum absolute atomic E-state index is 0.0453. The van der Waals surface area contributed by atoms with Crippen LogP contribution in [-0.4, -0.2) is 28.5 Å². The number of imide groups is 1. The van der Waals surface area contributed by atoms with Gasteiger partial charge in [-0.25, -0.2) is 0 Å². The normalized spacial score (nSPS) is 25.7. The van der Waals surface area contributed by atoms with E-state index in [1.165, 1.54) is 11.0 Å². The summed E-state index contributed by atoms with van der Waals surface area (Å²) in [5.74, 6) is -3.45. The molecule has 7 rings (SSSR count). The summed E-state index contributed by atoms with van der Waals surface area (Å²) in [6, 6.07) is 18.6. The number of carbonyl (C=O) groups is 4. The van der Waals surface area contributed by atoms with Gasteiger partial charge < -0.3 is 5.11 Å². The smallest absolute Gasteiger partial charge is 0.238 e. The number of Topliss-reactive ketones (excluding diaryl/α,β-unsaturated/α-hetero) is 1. The van der Waals surface area contributed by atoms with E-state index in [0.717, 1.165) is 22.9 Å². The van der Waals surface area contributed by atoms with Crippen LogP contribution in [0.25, 0.3) is 10.8 Å². The third kappa shape index (κ3) is 3.75. The van der Waals surface area contributed by atoms with Gasteiger partial charge in [0.15, 0.2) is 11.6 Å². The third-order valence-electron chi connectivity index (χ3n) is 9.18. The summed E-state index contributed by atoms with van der Waals surface area (Å²) in [5, 5.41) is 13.0. The Morgan fingerprint density at radius 2 is 1.68 bits per heavy atom. The summed E-state index contributed by atoms with van der Waals surface area (Å²) in [6.45, 7) is 2.05. The van der Waals surface area contributed by atoms with Crippen LogP contribution in [0.3, 0.4) is 0 Å². The molecule has 0 aromatic heterocycles. The summed E-state index contributed by atoms with van der Waals surface area (Å²) in [7, 11) is 0. The zero-order valence-electron chi connectivity index (χ0n) is 22.3. The highest BCUT2D eigenvalue weighted by atomic mass is 79.9. The van der Waals surface area contributed by atoms with E-state index < -0.39 is 23.7 Å². The van der Waals surface area contributed by atoms with Crippen molar-refractivity contribution in [2.75, 3.05) is 4.90 Å². The van der Waals surface area contributed by atoms with Crippen LogP contribution >= 0.6 is 15.9 Å². The number of halogens is 1. The number of nitrogens with zero attached hydrogens (tertiary/aromatic N) is 1. The number of phenols is 1. The van der Waals surface area contributed by atoms with E-state index in [0.29, 0.717) is 34.2 Å². The van der Waals surface area contributed by atoms with Gasteiger partial charge in [-0.2, -0.15) is 0 Å². The molecule has 3 aromatic carbocycles. The van der Waals surface area contributed by atoms with Crippen molar-refractivity contribution in [3.05, 3.63) is 105 Å². The number of amides is 2. The molecule has 1 heterocycles. The zero-order chi connectivity index (χ0) is 28.6. The van der Waals surface area contributed by atoms with Crippen molar-refractivity contribution < 1.29 is 24.3 Å². The fraction of sp³-hybridized carbons (Fsp3) is 0.235. The number of carbonyl (C=O) groups excluding carboxylic acids is 4. The van der Waals surface area contributed by atoms with Gasteiger partial charge in [-0.05, 0) is 64.2 Å². The van der Waals surface area contributed by atoms with Crippen LogP contribution in [0.4, 0.5) is 5.69 Å². The highest BCUT2D eigenvalue weighted by Gasteiger charge is 2.56. The minimum Gasteiger partial charge on any atom is -0.507 e. The van der Waals surface area contributed by atoms with Gasteiger partial charge in [-0.1, -0.05) is 67.1 Å². The Morgan fingerprint density at radius 3 is 2.44 bits per heavy atom. The van der Waals surface area contributed by atoms with E-state index in [2.05, 4.69) is 15.9 Å². The number of anilines is 1. The summed E-state index contributed by atoms with van der Waals surface area (Å²) in [6.07, 6.45) is 4.64. The van der Waals surface area contributed by atoms with E-state index >= 15 is 0 Å². The molecule has 41 heavy (non-hydrogen) atoms. The molecule has 4 unspecified atom stereocenters. The second-order valence-electron chi connectivity index (χ2n) is 11.2. The first-order valence-corrected chi connectivity index (χ1v) is 14.7. The van der Waals surface area contributed by atoms with Crippen molar-refractivity contribution in [2.45, 2.75) is 32.1 Å². The Labute approximate surface area is 245 Å². The van der Waals surface area contributed by atoms with Gasteiger partial charge in [0.2, 0.25) is 11.8 Å². The van der Waals surface area contributed by atoms with Crippen LogP contribution in [0.15, 0.2) is 94.0 Å². The van der Waals surface area contributed by atoms with E-state index in [-0.39, 0.29) is 40.0 Å². The molecule has 3 aromatic rings. The lowest BCUT2D eigenvalue weighted by Gasteiger charge is -2.42. The summed E-state index contributed by atoms with van der Waals surface area (Å²) < 4.78 is 0.175. The summed E-state index contributed by atoms with van der Waals surface area (Å²) >= 11 is 3.26. The highest BCUT2D eigenvalue weighted by molar-refractivity contribution is 9.12. The number of aryl methyl sites for hydroxylation is 1. The number of fused-ring (bicyclic) bond motifs is 4. The van der Waals surface area contributed by atoms with Crippen LogP contribution < -0.4 is 4.90 Å². The number of allylic oxidation sites excluding steroid dienone is 6. The molecule has 1 fully saturated rings. The van der Waals surface area contributed by atoms with Crippen LogP contribution in [-0.2, 0) is 25.6 Å². The maximum atomic E-state index is 14.1. The van der Waals surface area contributed by atoms with Gasteiger partial charge in [0.05, 0.1) is 22.0 Å². The second-order valence-corrected chi connectivity index (χ2v) is 12.0. The van der Waals surface area contributed by atoms with Crippen LogP contribution in [0, 0.1) is 17.8 Å². The van der Waals surface area contributed by atoms with Crippen molar-refractivity contribution in [3.8, 4) is 5.75 Å². The number of rotatable bonds is 3. The molecule has 3 aliphatic carbocycles. The highest BCUT2D eigenvalue weighted by Crippen LogP contribution is 2.57. The molecular weight excluding hydrogens is 582 g/mol. The SMILES string of the molecule is CCc1ccc(N2C(=O)C3CC=C4C(c5ccc6ccccc6c5O)C5=C(CC4C3C2=O)C(=O)C(Br)=CC5=O)cc1. The standard InChI is InChI=1S/C34H26BrNO5/c1-2-17-7-10-19(11-8-17)36-33(40)23-14-13-21-24(29(23)34(36)41)15-25-30(27(37)16-26(35)32(25)39)28(21)22-12-9-18-5-3-4-6-20(18)31(22)38/h3-13,16,23-24,28-29,38H,2,14-15H2,1H3. The predicted octanol–water partition coefficient (Wildman–Crippen LogP) is 6.07. The molecular formula is C34H26BrNO5. The van der Waals surface area contributed by atoms with Gasteiger partial charge in [-0.3, -0.25) is 24.1 Å². The van der Waals surface area contributed by atoms with Crippen LogP contribution in [0.5, 0.6) is 5.75 Å². The molecule has 1 N–H and O–H groups in total. The lowest BCUT2D eigenvalue weighted by molar-refractivity contribution is -0.123. The molecule has 4 atom stereocenters. The van der Waals surface area contributed by atoms with Gasteiger partial charge >= 0.3 is 0 Å². The monoisotopic (exact) mass is 607 g/mol. The average Bonchev–Trinajstić information content (AvgIpc) is 3.25. The van der Waals surface area contributed by atoms with Crippen molar-refractivity contribution in [1.82, 2.24) is 0 Å². The first-order valence-electron chi connectivity index (χ1n) is 13.9. The Bertz CT molecular complexity index is 1800. The number of benzene rings is 3. The quantitative estimate of drug-likeness (QED) is 0.221. The first-order chi connectivity index (χ1) is 19.8. The lowest BCUT2D eigenvalue weighted by atomic mass is 9.59. The molecule has 1 saturated heterocycles. The molecule has 0 saturated carbocycles. The Balaban J connectivity index is 1.38. The summed E-state index contributed by atoms with van der Waals surface area (Å²) in [4.78, 5) is 56.0. The van der Waals surface area contributed by atoms with E-state index in [1.807, 2.05) is 67.6 Å². The molecule has 6 nitrogen and oxygen atoms in total. The Kier molecular flexibility index (Phi) is 5.98. The van der Waals surface area contributed by atoms with Crippen LogP contribution in [0.2, 0.25) is 0 Å². The van der Waals surface area contributed by atoms with Gasteiger partial charge in [0, 0.05) is 34.1 Å². The van der Waals surface area contributed by atoms with Crippen molar-refractivity contribution in [2.24, 2.45) is 17.8 Å². The number of ketones is 2. The fourth-order valence-electron chi connectivity index (χ4n) is 7.20. The summed E-state index contributed by atoms with van der Waals surface area (Å²) in [5.41, 5.74) is 3.67. The van der Waals surface area contributed by atoms with Crippen molar-refractivity contribution >= 4 is 55.8 Å². The molecule has 4 aliphatic rings.